The van der Waals surface area contributed by atoms with E-state index in [1.54, 1.807) is 29.2 Å². The van der Waals surface area contributed by atoms with Gasteiger partial charge in [-0.3, -0.25) is 9.59 Å². The van der Waals surface area contributed by atoms with Gasteiger partial charge in [-0.2, -0.15) is 0 Å². The molecule has 1 aromatic heterocycles. The number of hydrogen-bond acceptors (Lipinski definition) is 5. The Labute approximate surface area is 157 Å². The number of carbonyl (C=O) groups excluding carboxylic acids is 2. The summed E-state index contributed by atoms with van der Waals surface area (Å²) in [5.74, 6) is 0.499. The number of fused-ring (bicyclic) bond motifs is 1. The van der Waals surface area contributed by atoms with Crippen LogP contribution in [0.1, 0.15) is 22.3 Å². The summed E-state index contributed by atoms with van der Waals surface area (Å²) >= 11 is 0. The van der Waals surface area contributed by atoms with Crippen LogP contribution in [0, 0.1) is 0 Å². The van der Waals surface area contributed by atoms with Crippen LogP contribution in [0.2, 0.25) is 0 Å². The second-order valence-corrected chi connectivity index (χ2v) is 6.81. The molecule has 2 aromatic rings. The van der Waals surface area contributed by atoms with Gasteiger partial charge in [0.2, 0.25) is 5.91 Å². The zero-order chi connectivity index (χ0) is 18.8. The van der Waals surface area contributed by atoms with Crippen molar-refractivity contribution in [3.05, 3.63) is 53.7 Å². The van der Waals surface area contributed by atoms with Crippen molar-refractivity contribution in [2.45, 2.75) is 19.1 Å². The van der Waals surface area contributed by atoms with E-state index in [0.29, 0.717) is 36.7 Å². The fraction of sp³-hybridized carbons (Fsp3) is 0.350. The van der Waals surface area contributed by atoms with Gasteiger partial charge >= 0.3 is 0 Å². The number of rotatable bonds is 4. The number of methoxy groups -OCH3 is 1. The fourth-order valence-electron chi connectivity index (χ4n) is 3.53. The number of nitrogens with zero attached hydrogens (tertiary/aromatic N) is 3. The molecule has 0 saturated carbocycles. The number of pyridine rings is 1. The average Bonchev–Trinajstić information content (AvgIpc) is 3.19. The molecule has 0 bridgehead atoms. The molecule has 140 valence electrons. The van der Waals surface area contributed by atoms with Gasteiger partial charge in [0, 0.05) is 26.4 Å². The number of ether oxygens (including phenoxy) is 1. The quantitative estimate of drug-likeness (QED) is 0.895. The maximum absolute atomic E-state index is 12.8. The number of carbonyl (C=O) groups is 2. The molecular formula is C20H22N4O3. The first kappa shape index (κ1) is 17.5. The minimum atomic E-state index is -0.0810. The highest BCUT2D eigenvalue weighted by molar-refractivity contribution is 6.04. The Hall–Kier alpha value is -2.93. The van der Waals surface area contributed by atoms with Crippen LogP contribution in [0.4, 0.5) is 11.5 Å². The smallest absolute Gasteiger partial charge is 0.255 e. The van der Waals surface area contributed by atoms with Crippen molar-refractivity contribution in [2.75, 3.05) is 37.0 Å². The van der Waals surface area contributed by atoms with Crippen LogP contribution < -0.4 is 10.2 Å². The minimum Gasteiger partial charge on any atom is -0.380 e. The lowest BCUT2D eigenvalue weighted by Crippen LogP contribution is -2.40. The van der Waals surface area contributed by atoms with Crippen molar-refractivity contribution in [3.63, 3.8) is 0 Å². The third-order valence-corrected chi connectivity index (χ3v) is 5.06. The van der Waals surface area contributed by atoms with Gasteiger partial charge in [0.05, 0.1) is 30.4 Å². The molecular weight excluding hydrogens is 344 g/mol. The van der Waals surface area contributed by atoms with Crippen molar-refractivity contribution < 1.29 is 14.3 Å². The van der Waals surface area contributed by atoms with E-state index in [0.717, 1.165) is 12.0 Å². The number of nitrogens with one attached hydrogen (secondary N) is 1. The van der Waals surface area contributed by atoms with Gasteiger partial charge in [0.25, 0.3) is 5.91 Å². The highest BCUT2D eigenvalue weighted by Gasteiger charge is 2.30. The molecule has 3 heterocycles. The van der Waals surface area contributed by atoms with E-state index in [4.69, 9.17) is 4.74 Å². The fourth-order valence-corrected chi connectivity index (χ4v) is 3.53. The van der Waals surface area contributed by atoms with E-state index in [-0.39, 0.29) is 24.5 Å². The molecule has 2 aliphatic heterocycles. The molecule has 1 N–H and O–H groups in total. The van der Waals surface area contributed by atoms with Gasteiger partial charge in [-0.25, -0.2) is 4.98 Å². The van der Waals surface area contributed by atoms with Gasteiger partial charge in [0.15, 0.2) is 5.82 Å². The van der Waals surface area contributed by atoms with Gasteiger partial charge in [-0.15, -0.1) is 0 Å². The molecule has 4 rings (SSSR count). The largest absolute Gasteiger partial charge is 0.380 e. The number of amides is 2. The highest BCUT2D eigenvalue weighted by Crippen LogP contribution is 2.30. The second-order valence-electron chi connectivity index (χ2n) is 6.81. The van der Waals surface area contributed by atoms with Gasteiger partial charge < -0.3 is 19.9 Å². The van der Waals surface area contributed by atoms with Crippen LogP contribution in [0.5, 0.6) is 0 Å². The predicted octanol–water partition coefficient (Wildman–Crippen LogP) is 1.90. The Kier molecular flexibility index (Phi) is 4.77. The Morgan fingerprint density at radius 3 is 2.89 bits per heavy atom. The Balaban J connectivity index is 1.61. The Morgan fingerprint density at radius 1 is 1.33 bits per heavy atom. The van der Waals surface area contributed by atoms with E-state index >= 15 is 0 Å². The van der Waals surface area contributed by atoms with Crippen molar-refractivity contribution >= 4 is 23.3 Å². The lowest BCUT2D eigenvalue weighted by molar-refractivity contribution is -0.117. The molecule has 27 heavy (non-hydrogen) atoms. The normalized spacial score (nSPS) is 19.0. The molecule has 7 nitrogen and oxygen atoms in total. The molecule has 1 saturated heterocycles. The van der Waals surface area contributed by atoms with Crippen LogP contribution in [0.15, 0.2) is 42.6 Å². The first-order valence-corrected chi connectivity index (χ1v) is 9.06. The molecule has 1 unspecified atom stereocenters. The molecule has 2 aliphatic rings. The van der Waals surface area contributed by atoms with Crippen molar-refractivity contribution in [1.29, 1.82) is 0 Å². The van der Waals surface area contributed by atoms with E-state index in [2.05, 4.69) is 10.3 Å². The molecule has 0 spiro atoms. The molecule has 1 atom stereocenters. The average molecular weight is 366 g/mol. The van der Waals surface area contributed by atoms with E-state index in [9.17, 15) is 9.59 Å². The van der Waals surface area contributed by atoms with Crippen LogP contribution in [0.3, 0.4) is 0 Å². The summed E-state index contributed by atoms with van der Waals surface area (Å²) < 4.78 is 5.34. The summed E-state index contributed by atoms with van der Waals surface area (Å²) in [6, 6.07) is 11.6. The zero-order valence-electron chi connectivity index (χ0n) is 15.2. The number of likely N-dealkylation sites (tertiary alicyclic amines) is 1. The number of aromatic nitrogens is 1. The Bertz CT molecular complexity index is 856. The number of anilines is 2. The van der Waals surface area contributed by atoms with Crippen LogP contribution in [-0.2, 0) is 16.1 Å². The van der Waals surface area contributed by atoms with Gasteiger partial charge in [-0.1, -0.05) is 30.3 Å². The summed E-state index contributed by atoms with van der Waals surface area (Å²) in [6.45, 7) is 1.89. The maximum Gasteiger partial charge on any atom is 0.255 e. The minimum absolute atomic E-state index is 0.0432. The number of benzene rings is 1. The lowest BCUT2D eigenvalue weighted by atomic mass is 10.1. The van der Waals surface area contributed by atoms with Gasteiger partial charge in [-0.05, 0) is 18.1 Å². The van der Waals surface area contributed by atoms with Crippen LogP contribution in [0.25, 0.3) is 0 Å². The first-order chi connectivity index (χ1) is 13.2. The van der Waals surface area contributed by atoms with Gasteiger partial charge in [0.1, 0.15) is 0 Å². The summed E-state index contributed by atoms with van der Waals surface area (Å²) in [5.41, 5.74) is 2.15. The summed E-state index contributed by atoms with van der Waals surface area (Å²) in [5, 5.41) is 3.03. The SMILES string of the molecule is COC1CCN(C(=O)c2cnc3c(c2)N(Cc2ccccc2)C(=O)CN3)C1. The molecule has 1 fully saturated rings. The Morgan fingerprint density at radius 2 is 2.15 bits per heavy atom. The van der Waals surface area contributed by atoms with E-state index in [1.807, 2.05) is 30.3 Å². The summed E-state index contributed by atoms with van der Waals surface area (Å²) in [6.07, 6.45) is 2.49. The van der Waals surface area contributed by atoms with Crippen molar-refractivity contribution in [3.8, 4) is 0 Å². The second kappa shape index (κ2) is 7.36. The predicted molar refractivity (Wildman–Crippen MR) is 102 cm³/mol. The van der Waals surface area contributed by atoms with Crippen molar-refractivity contribution in [2.24, 2.45) is 0 Å². The summed E-state index contributed by atoms with van der Waals surface area (Å²) in [7, 11) is 1.66. The zero-order valence-corrected chi connectivity index (χ0v) is 15.2. The standard InChI is InChI=1S/C20H22N4O3/c1-27-16-7-8-23(13-16)20(26)15-9-17-19(21-10-15)22-11-18(25)24(17)12-14-5-3-2-4-6-14/h2-6,9-10,16H,7-8,11-13H2,1H3,(H,21,22). The molecule has 0 aliphatic carbocycles. The molecule has 1 aromatic carbocycles. The molecule has 7 heteroatoms. The van der Waals surface area contributed by atoms with Crippen LogP contribution >= 0.6 is 0 Å². The summed E-state index contributed by atoms with van der Waals surface area (Å²) in [4.78, 5) is 33.2. The third-order valence-electron chi connectivity index (χ3n) is 5.06. The highest BCUT2D eigenvalue weighted by atomic mass is 16.5. The van der Waals surface area contributed by atoms with E-state index in [1.165, 1.54) is 0 Å². The van der Waals surface area contributed by atoms with Crippen LogP contribution in [-0.4, -0.2) is 54.5 Å². The monoisotopic (exact) mass is 366 g/mol. The third kappa shape index (κ3) is 3.50. The molecule has 2 amide bonds. The number of hydrogen-bond donors (Lipinski definition) is 1. The first-order valence-electron chi connectivity index (χ1n) is 9.06. The van der Waals surface area contributed by atoms with Crippen molar-refractivity contribution in [1.82, 2.24) is 9.88 Å². The molecule has 0 radical (unpaired) electrons. The van der Waals surface area contributed by atoms with E-state index < -0.39 is 0 Å². The maximum atomic E-state index is 12.8. The topological polar surface area (TPSA) is 74.8 Å². The lowest BCUT2D eigenvalue weighted by Gasteiger charge is -2.30.